The van der Waals surface area contributed by atoms with Crippen molar-refractivity contribution in [2.45, 2.75) is 40.0 Å². The van der Waals surface area contributed by atoms with E-state index in [1.54, 1.807) is 19.1 Å². The number of aromatic nitrogens is 1. The molecule has 1 aromatic heterocycles. The minimum atomic E-state index is -0.636. The number of nitrogens with zero attached hydrogens (tertiary/aromatic N) is 1. The quantitative estimate of drug-likeness (QED) is 0.590. The summed E-state index contributed by atoms with van der Waals surface area (Å²) in [6.45, 7) is 5.97. The number of benzene rings is 1. The number of halogens is 1. The molecule has 27 heavy (non-hydrogen) atoms. The number of amides is 1. The van der Waals surface area contributed by atoms with Crippen LogP contribution in [-0.4, -0.2) is 17.5 Å². The highest BCUT2D eigenvalue weighted by atomic mass is 19.1. The van der Waals surface area contributed by atoms with Gasteiger partial charge < -0.3 is 15.8 Å². The van der Waals surface area contributed by atoms with E-state index in [-0.39, 0.29) is 29.4 Å². The first kappa shape index (κ1) is 20.2. The minimum Gasteiger partial charge on any atom is -0.489 e. The monoisotopic (exact) mass is 369 g/mol. The van der Waals surface area contributed by atoms with Gasteiger partial charge in [-0.15, -0.1) is 5.92 Å². The molecule has 2 rings (SSSR count). The van der Waals surface area contributed by atoms with E-state index in [9.17, 15) is 9.18 Å². The van der Waals surface area contributed by atoms with Gasteiger partial charge in [-0.1, -0.05) is 18.9 Å². The van der Waals surface area contributed by atoms with Crippen molar-refractivity contribution in [1.29, 1.82) is 0 Å². The third kappa shape index (κ3) is 5.45. The summed E-state index contributed by atoms with van der Waals surface area (Å²) in [4.78, 5) is 16.6. The average Bonchev–Trinajstić information content (AvgIpc) is 2.63. The summed E-state index contributed by atoms with van der Waals surface area (Å²) in [6.07, 6.45) is 2.36. The number of ether oxygens (including phenoxy) is 1. The third-order valence-corrected chi connectivity index (χ3v) is 3.94. The van der Waals surface area contributed by atoms with E-state index in [1.807, 2.05) is 6.92 Å². The Bertz CT molecular complexity index is 885. The molecule has 0 spiro atoms. The van der Waals surface area contributed by atoms with Crippen LogP contribution < -0.4 is 15.8 Å². The Morgan fingerprint density at radius 2 is 2.04 bits per heavy atom. The zero-order valence-corrected chi connectivity index (χ0v) is 15.9. The SMILES string of the molecule is CCCC#CCCOc1cccc(NC(=O)c2cc(C)c(C)nc2N)c1F. The van der Waals surface area contributed by atoms with E-state index in [0.29, 0.717) is 6.42 Å². The second-order valence-corrected chi connectivity index (χ2v) is 6.10. The fourth-order valence-corrected chi connectivity index (χ4v) is 2.33. The average molecular weight is 369 g/mol. The van der Waals surface area contributed by atoms with E-state index in [1.165, 1.54) is 12.1 Å². The largest absolute Gasteiger partial charge is 0.489 e. The molecule has 0 unspecified atom stereocenters. The number of carbonyl (C=O) groups excluding carboxylic acids is 1. The van der Waals surface area contributed by atoms with Crippen LogP contribution in [0.25, 0.3) is 0 Å². The molecule has 0 aliphatic carbocycles. The minimum absolute atomic E-state index is 0.0206. The number of rotatable bonds is 6. The van der Waals surface area contributed by atoms with Gasteiger partial charge in [0.15, 0.2) is 11.6 Å². The lowest BCUT2D eigenvalue weighted by atomic mass is 10.1. The molecule has 1 heterocycles. The fourth-order valence-electron chi connectivity index (χ4n) is 2.33. The highest BCUT2D eigenvalue weighted by Crippen LogP contribution is 2.25. The van der Waals surface area contributed by atoms with Crippen LogP contribution in [0, 0.1) is 31.5 Å². The lowest BCUT2D eigenvalue weighted by Crippen LogP contribution is -2.17. The molecule has 0 fully saturated rings. The number of hydrogen-bond donors (Lipinski definition) is 2. The molecule has 0 aliphatic rings. The van der Waals surface area contributed by atoms with Crippen molar-refractivity contribution in [3.63, 3.8) is 0 Å². The van der Waals surface area contributed by atoms with Gasteiger partial charge in [0.2, 0.25) is 0 Å². The van der Waals surface area contributed by atoms with Gasteiger partial charge in [0, 0.05) is 18.5 Å². The second kappa shape index (κ2) is 9.58. The van der Waals surface area contributed by atoms with E-state index in [0.717, 1.165) is 24.1 Å². The molecule has 0 bridgehead atoms. The number of hydrogen-bond acceptors (Lipinski definition) is 4. The topological polar surface area (TPSA) is 77.2 Å². The maximum atomic E-state index is 14.6. The Morgan fingerprint density at radius 3 is 2.78 bits per heavy atom. The summed E-state index contributed by atoms with van der Waals surface area (Å²) in [5.41, 5.74) is 7.62. The molecule has 1 aromatic carbocycles. The van der Waals surface area contributed by atoms with Crippen LogP contribution >= 0.6 is 0 Å². The molecule has 3 N–H and O–H groups in total. The van der Waals surface area contributed by atoms with Crippen LogP contribution in [0.2, 0.25) is 0 Å². The van der Waals surface area contributed by atoms with Crippen LogP contribution in [0.3, 0.4) is 0 Å². The molecule has 0 saturated heterocycles. The molecule has 2 aromatic rings. The van der Waals surface area contributed by atoms with Gasteiger partial charge in [-0.2, -0.15) is 0 Å². The molecule has 0 saturated carbocycles. The normalized spacial score (nSPS) is 10.1. The molecule has 0 atom stereocenters. The number of nitrogens with one attached hydrogen (secondary N) is 1. The Morgan fingerprint density at radius 1 is 1.30 bits per heavy atom. The zero-order valence-electron chi connectivity index (χ0n) is 15.9. The fraction of sp³-hybridized carbons (Fsp3) is 0.333. The maximum absolute atomic E-state index is 14.6. The molecule has 5 nitrogen and oxygen atoms in total. The Balaban J connectivity index is 2.08. The van der Waals surface area contributed by atoms with Crippen LogP contribution in [-0.2, 0) is 0 Å². The summed E-state index contributed by atoms with van der Waals surface area (Å²) in [6, 6.07) is 6.22. The summed E-state index contributed by atoms with van der Waals surface area (Å²) >= 11 is 0. The number of pyridine rings is 1. The van der Waals surface area contributed by atoms with E-state index < -0.39 is 11.7 Å². The predicted octanol–water partition coefficient (Wildman–Crippen LogP) is 4.24. The maximum Gasteiger partial charge on any atom is 0.259 e. The van der Waals surface area contributed by atoms with Crippen LogP contribution in [0.4, 0.5) is 15.9 Å². The van der Waals surface area contributed by atoms with Crippen molar-refractivity contribution >= 4 is 17.4 Å². The third-order valence-electron chi connectivity index (χ3n) is 3.94. The van der Waals surface area contributed by atoms with Gasteiger partial charge in [-0.25, -0.2) is 9.37 Å². The van der Waals surface area contributed by atoms with Crippen molar-refractivity contribution in [2.75, 3.05) is 17.7 Å². The first-order valence-electron chi connectivity index (χ1n) is 8.86. The lowest BCUT2D eigenvalue weighted by molar-refractivity contribution is 0.102. The van der Waals surface area contributed by atoms with Gasteiger partial charge in [0.1, 0.15) is 5.82 Å². The molecule has 0 radical (unpaired) electrons. The van der Waals surface area contributed by atoms with Crippen molar-refractivity contribution < 1.29 is 13.9 Å². The van der Waals surface area contributed by atoms with Gasteiger partial charge in [-0.05, 0) is 44.0 Å². The van der Waals surface area contributed by atoms with Gasteiger partial charge in [0.25, 0.3) is 5.91 Å². The summed E-state index contributed by atoms with van der Waals surface area (Å²) in [7, 11) is 0. The summed E-state index contributed by atoms with van der Waals surface area (Å²) in [5.74, 6) is 4.99. The highest BCUT2D eigenvalue weighted by Gasteiger charge is 2.16. The molecule has 142 valence electrons. The van der Waals surface area contributed by atoms with Crippen LogP contribution in [0.5, 0.6) is 5.75 Å². The van der Waals surface area contributed by atoms with Crippen molar-refractivity contribution in [1.82, 2.24) is 4.98 Å². The Kier molecular flexibility index (Phi) is 7.18. The van der Waals surface area contributed by atoms with Gasteiger partial charge in [-0.3, -0.25) is 4.79 Å². The number of nitrogens with two attached hydrogens (primary N) is 1. The van der Waals surface area contributed by atoms with Crippen molar-refractivity contribution in [2.24, 2.45) is 0 Å². The first-order chi connectivity index (χ1) is 12.9. The summed E-state index contributed by atoms with van der Waals surface area (Å²) in [5, 5.41) is 2.53. The number of unbranched alkanes of at least 4 members (excludes halogenated alkanes) is 1. The van der Waals surface area contributed by atoms with E-state index >= 15 is 0 Å². The lowest BCUT2D eigenvalue weighted by Gasteiger charge is -2.12. The number of aryl methyl sites for hydroxylation is 2. The van der Waals surface area contributed by atoms with Crippen LogP contribution in [0.15, 0.2) is 24.3 Å². The number of nitrogen functional groups attached to an aromatic ring is 1. The van der Waals surface area contributed by atoms with Gasteiger partial charge >= 0.3 is 0 Å². The predicted molar refractivity (Wildman–Crippen MR) is 105 cm³/mol. The van der Waals surface area contributed by atoms with Crippen molar-refractivity contribution in [3.05, 3.63) is 46.9 Å². The summed E-state index contributed by atoms with van der Waals surface area (Å²) < 4.78 is 20.0. The van der Waals surface area contributed by atoms with E-state index in [4.69, 9.17) is 10.5 Å². The molecular formula is C21H24FN3O2. The van der Waals surface area contributed by atoms with Crippen LogP contribution in [0.1, 0.15) is 47.8 Å². The number of carbonyl (C=O) groups is 1. The van der Waals surface area contributed by atoms with E-state index in [2.05, 4.69) is 29.1 Å². The second-order valence-electron chi connectivity index (χ2n) is 6.10. The molecule has 0 aliphatic heterocycles. The first-order valence-corrected chi connectivity index (χ1v) is 8.86. The zero-order chi connectivity index (χ0) is 19.8. The number of anilines is 2. The Labute approximate surface area is 159 Å². The van der Waals surface area contributed by atoms with Crippen molar-refractivity contribution in [3.8, 4) is 17.6 Å². The Hall–Kier alpha value is -3.07. The van der Waals surface area contributed by atoms with Gasteiger partial charge in [0.05, 0.1) is 17.9 Å². The smallest absolute Gasteiger partial charge is 0.259 e. The highest BCUT2D eigenvalue weighted by molar-refractivity contribution is 6.07. The molecular weight excluding hydrogens is 345 g/mol. The molecule has 1 amide bonds. The standard InChI is InChI=1S/C21H24FN3O2/c1-4-5-6-7-8-12-27-18-11-9-10-17(19(18)22)25-21(26)16-13-14(2)15(3)24-20(16)23/h9-11,13H,4-5,8,12H2,1-3H3,(H2,23,24)(H,25,26). The molecule has 6 heteroatoms.